The SMILES string of the molecule is Brc1cc2c(cc1CNc1ccccc1I)OCO2. The average molecular weight is 432 g/mol. The fourth-order valence-electron chi connectivity index (χ4n) is 1.89. The summed E-state index contributed by atoms with van der Waals surface area (Å²) in [6.45, 7) is 1.03. The number of hydrogen-bond donors (Lipinski definition) is 1. The fraction of sp³-hybridized carbons (Fsp3) is 0.143. The monoisotopic (exact) mass is 431 g/mol. The summed E-state index contributed by atoms with van der Waals surface area (Å²) in [4.78, 5) is 0. The smallest absolute Gasteiger partial charge is 0.231 e. The highest BCUT2D eigenvalue weighted by atomic mass is 127. The fourth-order valence-corrected chi connectivity index (χ4v) is 2.93. The number of fused-ring (bicyclic) bond motifs is 1. The Morgan fingerprint density at radius 3 is 2.68 bits per heavy atom. The first kappa shape index (κ1) is 13.1. The molecule has 0 spiro atoms. The highest BCUT2D eigenvalue weighted by Crippen LogP contribution is 2.37. The van der Waals surface area contributed by atoms with Gasteiger partial charge >= 0.3 is 0 Å². The summed E-state index contributed by atoms with van der Waals surface area (Å²) in [5.41, 5.74) is 2.27. The van der Waals surface area contributed by atoms with Crippen molar-refractivity contribution in [3.05, 3.63) is 50.0 Å². The zero-order chi connectivity index (χ0) is 13.2. The summed E-state index contributed by atoms with van der Waals surface area (Å²) in [6.07, 6.45) is 0. The molecule has 1 aliphatic heterocycles. The molecule has 3 rings (SSSR count). The molecule has 0 bridgehead atoms. The highest BCUT2D eigenvalue weighted by molar-refractivity contribution is 14.1. The summed E-state index contributed by atoms with van der Waals surface area (Å²) in [6, 6.07) is 12.2. The third-order valence-corrected chi connectivity index (χ3v) is 4.56. The summed E-state index contributed by atoms with van der Waals surface area (Å²) in [5.74, 6) is 1.60. The topological polar surface area (TPSA) is 30.5 Å². The van der Waals surface area contributed by atoms with E-state index in [0.717, 1.165) is 33.8 Å². The van der Waals surface area contributed by atoms with Crippen molar-refractivity contribution in [2.75, 3.05) is 12.1 Å². The molecule has 5 heteroatoms. The molecular weight excluding hydrogens is 421 g/mol. The normalized spacial score (nSPS) is 12.5. The van der Waals surface area contributed by atoms with Crippen LogP contribution in [0.5, 0.6) is 11.5 Å². The highest BCUT2D eigenvalue weighted by Gasteiger charge is 2.16. The van der Waals surface area contributed by atoms with Gasteiger partial charge in [-0.1, -0.05) is 28.1 Å². The molecule has 0 aliphatic carbocycles. The molecule has 0 radical (unpaired) electrons. The van der Waals surface area contributed by atoms with Gasteiger partial charge in [-0.05, 0) is 52.4 Å². The van der Waals surface area contributed by atoms with Gasteiger partial charge < -0.3 is 14.8 Å². The van der Waals surface area contributed by atoms with Crippen LogP contribution >= 0.6 is 38.5 Å². The Bertz CT molecular complexity index is 618. The van der Waals surface area contributed by atoms with Gasteiger partial charge in [0.15, 0.2) is 11.5 Å². The zero-order valence-corrected chi connectivity index (χ0v) is 13.7. The Morgan fingerprint density at radius 2 is 1.89 bits per heavy atom. The molecule has 19 heavy (non-hydrogen) atoms. The zero-order valence-electron chi connectivity index (χ0n) is 9.95. The molecule has 0 atom stereocenters. The van der Waals surface area contributed by atoms with Gasteiger partial charge in [-0.2, -0.15) is 0 Å². The van der Waals surface area contributed by atoms with Gasteiger partial charge in [-0.15, -0.1) is 0 Å². The molecule has 0 saturated heterocycles. The Labute approximate surface area is 133 Å². The molecule has 0 aromatic heterocycles. The molecule has 0 unspecified atom stereocenters. The van der Waals surface area contributed by atoms with Crippen LogP contribution in [0.15, 0.2) is 40.9 Å². The molecule has 2 aromatic rings. The van der Waals surface area contributed by atoms with Crippen molar-refractivity contribution in [2.45, 2.75) is 6.54 Å². The predicted octanol–water partition coefficient (Wildman–Crippen LogP) is 4.39. The molecular formula is C14H11BrINO2. The van der Waals surface area contributed by atoms with Crippen molar-refractivity contribution in [3.63, 3.8) is 0 Å². The van der Waals surface area contributed by atoms with Gasteiger partial charge in [0.1, 0.15) is 0 Å². The second-order valence-corrected chi connectivity index (χ2v) is 6.15. The van der Waals surface area contributed by atoms with Crippen molar-refractivity contribution < 1.29 is 9.47 Å². The van der Waals surface area contributed by atoms with Crippen LogP contribution in [0.4, 0.5) is 5.69 Å². The Balaban J connectivity index is 1.79. The second kappa shape index (κ2) is 5.58. The van der Waals surface area contributed by atoms with E-state index in [2.05, 4.69) is 56.0 Å². The van der Waals surface area contributed by atoms with Gasteiger partial charge in [0.25, 0.3) is 0 Å². The number of halogens is 2. The van der Waals surface area contributed by atoms with Gasteiger partial charge in [-0.3, -0.25) is 0 Å². The van der Waals surface area contributed by atoms with Crippen LogP contribution in [0.25, 0.3) is 0 Å². The minimum Gasteiger partial charge on any atom is -0.454 e. The first-order valence-corrected chi connectivity index (χ1v) is 7.67. The quantitative estimate of drug-likeness (QED) is 0.731. The van der Waals surface area contributed by atoms with E-state index in [1.807, 2.05) is 24.3 Å². The van der Waals surface area contributed by atoms with E-state index in [-0.39, 0.29) is 0 Å². The van der Waals surface area contributed by atoms with Crippen LogP contribution in [0, 0.1) is 3.57 Å². The molecule has 98 valence electrons. The Kier molecular flexibility index (Phi) is 3.83. The van der Waals surface area contributed by atoms with Crippen LogP contribution in [0.1, 0.15) is 5.56 Å². The summed E-state index contributed by atoms with van der Waals surface area (Å²) in [5, 5.41) is 3.43. The third-order valence-electron chi connectivity index (χ3n) is 2.88. The lowest BCUT2D eigenvalue weighted by Crippen LogP contribution is -2.01. The van der Waals surface area contributed by atoms with E-state index in [1.54, 1.807) is 0 Å². The second-order valence-electron chi connectivity index (χ2n) is 4.13. The van der Waals surface area contributed by atoms with E-state index in [9.17, 15) is 0 Å². The number of nitrogens with one attached hydrogen (secondary N) is 1. The number of hydrogen-bond acceptors (Lipinski definition) is 3. The van der Waals surface area contributed by atoms with Crippen LogP contribution in [0.2, 0.25) is 0 Å². The molecule has 0 amide bonds. The van der Waals surface area contributed by atoms with Crippen LogP contribution in [-0.2, 0) is 6.54 Å². The minimum atomic E-state index is 0.301. The number of anilines is 1. The molecule has 1 N–H and O–H groups in total. The average Bonchev–Trinajstić information content (AvgIpc) is 2.84. The molecule has 1 aliphatic rings. The maximum atomic E-state index is 5.40. The van der Waals surface area contributed by atoms with Gasteiger partial charge in [0.05, 0.1) is 0 Å². The van der Waals surface area contributed by atoms with Crippen molar-refractivity contribution in [2.24, 2.45) is 0 Å². The van der Waals surface area contributed by atoms with Crippen molar-refractivity contribution in [3.8, 4) is 11.5 Å². The number of ether oxygens (including phenoxy) is 2. The molecule has 1 heterocycles. The summed E-state index contributed by atoms with van der Waals surface area (Å²) < 4.78 is 13.0. The van der Waals surface area contributed by atoms with Crippen LogP contribution in [0.3, 0.4) is 0 Å². The van der Waals surface area contributed by atoms with Crippen molar-refractivity contribution in [1.29, 1.82) is 0 Å². The number of benzene rings is 2. The van der Waals surface area contributed by atoms with Crippen molar-refractivity contribution in [1.82, 2.24) is 0 Å². The molecule has 0 fully saturated rings. The first-order valence-electron chi connectivity index (χ1n) is 5.80. The van der Waals surface area contributed by atoms with E-state index in [1.165, 1.54) is 3.57 Å². The van der Waals surface area contributed by atoms with Crippen LogP contribution < -0.4 is 14.8 Å². The minimum absolute atomic E-state index is 0.301. The first-order chi connectivity index (χ1) is 9.24. The number of rotatable bonds is 3. The number of para-hydroxylation sites is 1. The lowest BCUT2D eigenvalue weighted by molar-refractivity contribution is 0.174. The maximum absolute atomic E-state index is 5.40. The standard InChI is InChI=1S/C14H11BrINO2/c15-10-6-14-13(18-8-19-14)5-9(10)7-17-12-4-2-1-3-11(12)16/h1-6,17H,7-8H2. The lowest BCUT2D eigenvalue weighted by atomic mass is 10.2. The van der Waals surface area contributed by atoms with Gasteiger partial charge in [-0.25, -0.2) is 0 Å². The van der Waals surface area contributed by atoms with Crippen molar-refractivity contribution >= 4 is 44.2 Å². The van der Waals surface area contributed by atoms with E-state index in [0.29, 0.717) is 6.79 Å². The predicted molar refractivity (Wildman–Crippen MR) is 86.8 cm³/mol. The Morgan fingerprint density at radius 1 is 1.16 bits per heavy atom. The maximum Gasteiger partial charge on any atom is 0.231 e. The molecule has 0 saturated carbocycles. The van der Waals surface area contributed by atoms with E-state index in [4.69, 9.17) is 9.47 Å². The van der Waals surface area contributed by atoms with Crippen LogP contribution in [-0.4, -0.2) is 6.79 Å². The van der Waals surface area contributed by atoms with E-state index >= 15 is 0 Å². The summed E-state index contributed by atoms with van der Waals surface area (Å²) >= 11 is 5.89. The van der Waals surface area contributed by atoms with Gasteiger partial charge in [0.2, 0.25) is 6.79 Å². The Hall–Kier alpha value is -0.950. The molecule has 3 nitrogen and oxygen atoms in total. The third kappa shape index (κ3) is 2.81. The molecule has 2 aromatic carbocycles. The van der Waals surface area contributed by atoms with Gasteiger partial charge in [0, 0.05) is 20.3 Å². The lowest BCUT2D eigenvalue weighted by Gasteiger charge is -2.10. The van der Waals surface area contributed by atoms with E-state index < -0.39 is 0 Å². The summed E-state index contributed by atoms with van der Waals surface area (Å²) in [7, 11) is 0. The largest absolute Gasteiger partial charge is 0.454 e.